The lowest BCUT2D eigenvalue weighted by Gasteiger charge is -2.06. The van der Waals surface area contributed by atoms with Crippen molar-refractivity contribution in [2.45, 2.75) is 13.8 Å². The molecule has 0 aliphatic carbocycles. The first-order chi connectivity index (χ1) is 7.18. The zero-order valence-electron chi connectivity index (χ0n) is 8.79. The van der Waals surface area contributed by atoms with Crippen LogP contribution < -0.4 is 0 Å². The van der Waals surface area contributed by atoms with E-state index in [1.54, 1.807) is 0 Å². The highest BCUT2D eigenvalue weighted by Crippen LogP contribution is 2.23. The molecule has 0 bridgehead atoms. The van der Waals surface area contributed by atoms with Crippen molar-refractivity contribution < 1.29 is 0 Å². The molecule has 0 aliphatic heterocycles. The van der Waals surface area contributed by atoms with Crippen molar-refractivity contribution in [3.63, 3.8) is 0 Å². The minimum atomic E-state index is 0.592. The van der Waals surface area contributed by atoms with Crippen LogP contribution in [0.2, 0.25) is 5.15 Å². The topological polar surface area (TPSA) is 12.9 Å². The molecule has 15 heavy (non-hydrogen) atoms. The normalized spacial score (nSPS) is 10.3. The van der Waals surface area contributed by atoms with Gasteiger partial charge >= 0.3 is 0 Å². The Morgan fingerprint density at radius 1 is 1.07 bits per heavy atom. The maximum absolute atomic E-state index is 6.06. The summed E-state index contributed by atoms with van der Waals surface area (Å²) >= 11 is 6.06. The Hall–Kier alpha value is -1.34. The molecule has 0 spiro atoms. The molecule has 0 aliphatic rings. The number of nitrogens with zero attached hydrogens (tertiary/aromatic N) is 1. The number of benzene rings is 1. The largest absolute Gasteiger partial charge is 0.236 e. The summed E-state index contributed by atoms with van der Waals surface area (Å²) in [6.07, 6.45) is 0. The first-order valence-corrected chi connectivity index (χ1v) is 5.25. The van der Waals surface area contributed by atoms with Gasteiger partial charge in [0.05, 0.1) is 5.69 Å². The summed E-state index contributed by atoms with van der Waals surface area (Å²) in [5.74, 6) is 0. The average Bonchev–Trinajstić information content (AvgIpc) is 2.26. The molecule has 1 aromatic carbocycles. The van der Waals surface area contributed by atoms with Gasteiger partial charge in [0.1, 0.15) is 5.15 Å². The first-order valence-electron chi connectivity index (χ1n) is 4.87. The first kappa shape index (κ1) is 10.2. The number of aromatic nitrogens is 1. The molecule has 0 radical (unpaired) electrons. The fourth-order valence-corrected chi connectivity index (χ4v) is 1.69. The monoisotopic (exact) mass is 217 g/mol. The number of rotatable bonds is 1. The highest BCUT2D eigenvalue weighted by Gasteiger charge is 2.05. The lowest BCUT2D eigenvalue weighted by atomic mass is 10.1. The van der Waals surface area contributed by atoms with Crippen LogP contribution in [-0.4, -0.2) is 4.98 Å². The highest BCUT2D eigenvalue weighted by molar-refractivity contribution is 6.30. The second kappa shape index (κ2) is 4.03. The third-order valence-electron chi connectivity index (χ3n) is 2.54. The molecular weight excluding hydrogens is 206 g/mol. The van der Waals surface area contributed by atoms with Gasteiger partial charge in [0, 0.05) is 5.56 Å². The molecule has 0 fully saturated rings. The number of halogens is 1. The number of pyridine rings is 1. The summed E-state index contributed by atoms with van der Waals surface area (Å²) in [6, 6.07) is 12.1. The molecule has 1 aromatic heterocycles. The fourth-order valence-electron chi connectivity index (χ4n) is 1.45. The van der Waals surface area contributed by atoms with Crippen LogP contribution in [-0.2, 0) is 0 Å². The van der Waals surface area contributed by atoms with Gasteiger partial charge in [-0.3, -0.25) is 0 Å². The summed E-state index contributed by atoms with van der Waals surface area (Å²) in [7, 11) is 0. The average molecular weight is 218 g/mol. The third-order valence-corrected chi connectivity index (χ3v) is 2.91. The molecule has 2 rings (SSSR count). The molecule has 0 saturated carbocycles. The number of hydrogen-bond acceptors (Lipinski definition) is 1. The Labute approximate surface area is 94.7 Å². The van der Waals surface area contributed by atoms with E-state index in [2.05, 4.69) is 18.0 Å². The SMILES string of the molecule is Cc1cc(-c2ccccc2)nc(Cl)c1C. The zero-order valence-corrected chi connectivity index (χ0v) is 9.55. The second-order valence-electron chi connectivity index (χ2n) is 3.61. The molecule has 2 heteroatoms. The van der Waals surface area contributed by atoms with Gasteiger partial charge in [-0.15, -0.1) is 0 Å². The molecule has 1 nitrogen and oxygen atoms in total. The van der Waals surface area contributed by atoms with Crippen LogP contribution in [0.15, 0.2) is 36.4 Å². The van der Waals surface area contributed by atoms with Gasteiger partial charge in [0.25, 0.3) is 0 Å². The van der Waals surface area contributed by atoms with E-state index in [0.717, 1.165) is 16.8 Å². The Balaban J connectivity index is 2.56. The van der Waals surface area contributed by atoms with E-state index >= 15 is 0 Å². The van der Waals surface area contributed by atoms with E-state index in [1.165, 1.54) is 5.56 Å². The van der Waals surface area contributed by atoms with Gasteiger partial charge < -0.3 is 0 Å². The lowest BCUT2D eigenvalue weighted by molar-refractivity contribution is 1.22. The predicted octanol–water partition coefficient (Wildman–Crippen LogP) is 4.02. The molecule has 2 aromatic rings. The predicted molar refractivity (Wildman–Crippen MR) is 64.2 cm³/mol. The van der Waals surface area contributed by atoms with Crippen molar-refractivity contribution in [2.75, 3.05) is 0 Å². The minimum absolute atomic E-state index is 0.592. The Morgan fingerprint density at radius 3 is 2.33 bits per heavy atom. The maximum Gasteiger partial charge on any atom is 0.132 e. The van der Waals surface area contributed by atoms with Crippen LogP contribution >= 0.6 is 11.6 Å². The molecular formula is C13H12ClN. The standard InChI is InChI=1S/C13H12ClN/c1-9-8-12(15-13(14)10(9)2)11-6-4-3-5-7-11/h3-8H,1-2H3. The van der Waals surface area contributed by atoms with Crippen LogP contribution in [0.5, 0.6) is 0 Å². The Morgan fingerprint density at radius 2 is 1.73 bits per heavy atom. The maximum atomic E-state index is 6.06. The van der Waals surface area contributed by atoms with Crippen molar-refractivity contribution in [3.8, 4) is 11.3 Å². The van der Waals surface area contributed by atoms with Crippen molar-refractivity contribution in [1.82, 2.24) is 4.98 Å². The van der Waals surface area contributed by atoms with Gasteiger partial charge in [0.2, 0.25) is 0 Å². The van der Waals surface area contributed by atoms with Crippen LogP contribution in [0.1, 0.15) is 11.1 Å². The van der Waals surface area contributed by atoms with Crippen LogP contribution in [0.25, 0.3) is 11.3 Å². The van der Waals surface area contributed by atoms with Crippen molar-refractivity contribution in [1.29, 1.82) is 0 Å². The summed E-state index contributed by atoms with van der Waals surface area (Å²) < 4.78 is 0. The third kappa shape index (κ3) is 2.02. The van der Waals surface area contributed by atoms with Crippen molar-refractivity contribution in [2.24, 2.45) is 0 Å². The molecule has 0 amide bonds. The summed E-state index contributed by atoms with van der Waals surface area (Å²) in [5.41, 5.74) is 4.26. The summed E-state index contributed by atoms with van der Waals surface area (Å²) in [4.78, 5) is 4.37. The molecule has 0 atom stereocenters. The van der Waals surface area contributed by atoms with E-state index in [1.807, 2.05) is 37.3 Å². The Bertz CT molecular complexity index is 454. The van der Waals surface area contributed by atoms with Crippen LogP contribution in [0, 0.1) is 13.8 Å². The molecule has 1 heterocycles. The van der Waals surface area contributed by atoms with Crippen molar-refractivity contribution >= 4 is 11.6 Å². The summed E-state index contributed by atoms with van der Waals surface area (Å²) in [6.45, 7) is 4.04. The van der Waals surface area contributed by atoms with Gasteiger partial charge in [-0.1, -0.05) is 41.9 Å². The number of hydrogen-bond donors (Lipinski definition) is 0. The van der Waals surface area contributed by atoms with Gasteiger partial charge in [-0.05, 0) is 31.0 Å². The zero-order chi connectivity index (χ0) is 10.8. The van der Waals surface area contributed by atoms with E-state index < -0.39 is 0 Å². The smallest absolute Gasteiger partial charge is 0.132 e. The van der Waals surface area contributed by atoms with Crippen LogP contribution in [0.3, 0.4) is 0 Å². The highest BCUT2D eigenvalue weighted by atomic mass is 35.5. The molecule has 0 unspecified atom stereocenters. The Kier molecular flexibility index (Phi) is 2.74. The second-order valence-corrected chi connectivity index (χ2v) is 3.96. The fraction of sp³-hybridized carbons (Fsp3) is 0.154. The van der Waals surface area contributed by atoms with E-state index in [0.29, 0.717) is 5.15 Å². The van der Waals surface area contributed by atoms with Gasteiger partial charge in [-0.2, -0.15) is 0 Å². The summed E-state index contributed by atoms with van der Waals surface area (Å²) in [5, 5.41) is 0.592. The van der Waals surface area contributed by atoms with E-state index in [4.69, 9.17) is 11.6 Å². The quantitative estimate of drug-likeness (QED) is 0.658. The molecule has 76 valence electrons. The van der Waals surface area contributed by atoms with Crippen molar-refractivity contribution in [3.05, 3.63) is 52.7 Å². The lowest BCUT2D eigenvalue weighted by Crippen LogP contribution is -1.90. The van der Waals surface area contributed by atoms with Crippen LogP contribution in [0.4, 0.5) is 0 Å². The van der Waals surface area contributed by atoms with E-state index in [9.17, 15) is 0 Å². The van der Waals surface area contributed by atoms with E-state index in [-0.39, 0.29) is 0 Å². The van der Waals surface area contributed by atoms with Gasteiger partial charge in [-0.25, -0.2) is 4.98 Å². The minimum Gasteiger partial charge on any atom is -0.236 e. The molecule has 0 saturated heterocycles. The van der Waals surface area contributed by atoms with Gasteiger partial charge in [0.15, 0.2) is 0 Å². The number of aryl methyl sites for hydroxylation is 1. The molecule has 0 N–H and O–H groups in total.